The Hall–Kier alpha value is -2.77. The summed E-state index contributed by atoms with van der Waals surface area (Å²) in [5, 5.41) is 1.24. The van der Waals surface area contributed by atoms with Gasteiger partial charge in [0, 0.05) is 15.5 Å². The SMILES string of the molecule is Cc1ccc(C(=O)NNc2ncnc(Sc3ccc(Cl)cc3)c2N)cc1. The monoisotopic (exact) mass is 385 g/mol. The molecule has 8 heteroatoms. The van der Waals surface area contributed by atoms with Gasteiger partial charge in [-0.1, -0.05) is 41.1 Å². The lowest BCUT2D eigenvalue weighted by atomic mass is 10.1. The number of rotatable bonds is 5. The molecule has 0 spiro atoms. The number of hydrogen-bond donors (Lipinski definition) is 3. The molecule has 0 atom stereocenters. The lowest BCUT2D eigenvalue weighted by Crippen LogP contribution is -2.30. The third-order valence-electron chi connectivity index (χ3n) is 3.48. The molecule has 0 aliphatic heterocycles. The minimum Gasteiger partial charge on any atom is -0.393 e. The van der Waals surface area contributed by atoms with Gasteiger partial charge in [0.25, 0.3) is 5.91 Å². The highest BCUT2D eigenvalue weighted by molar-refractivity contribution is 7.99. The third kappa shape index (κ3) is 4.44. The van der Waals surface area contributed by atoms with Gasteiger partial charge in [-0.15, -0.1) is 0 Å². The van der Waals surface area contributed by atoms with Crippen LogP contribution in [0.3, 0.4) is 0 Å². The van der Waals surface area contributed by atoms with Crippen molar-refractivity contribution in [1.29, 1.82) is 0 Å². The van der Waals surface area contributed by atoms with Crippen LogP contribution >= 0.6 is 23.4 Å². The van der Waals surface area contributed by atoms with Crippen molar-refractivity contribution in [2.45, 2.75) is 16.8 Å². The van der Waals surface area contributed by atoms with Gasteiger partial charge in [0.05, 0.1) is 0 Å². The summed E-state index contributed by atoms with van der Waals surface area (Å²) in [6.45, 7) is 1.96. The molecule has 26 heavy (non-hydrogen) atoms. The quantitative estimate of drug-likeness (QED) is 0.455. The van der Waals surface area contributed by atoms with Crippen LogP contribution in [0.15, 0.2) is 64.8 Å². The second-order valence-electron chi connectivity index (χ2n) is 5.44. The van der Waals surface area contributed by atoms with Crippen molar-refractivity contribution in [3.63, 3.8) is 0 Å². The molecule has 132 valence electrons. The molecular weight excluding hydrogens is 370 g/mol. The number of benzene rings is 2. The van der Waals surface area contributed by atoms with Crippen LogP contribution in [0.5, 0.6) is 0 Å². The fraction of sp³-hybridized carbons (Fsp3) is 0.0556. The van der Waals surface area contributed by atoms with Crippen LogP contribution in [0, 0.1) is 6.92 Å². The number of nitrogen functional groups attached to an aromatic ring is 1. The Labute approximate surface area is 160 Å². The van der Waals surface area contributed by atoms with Gasteiger partial charge >= 0.3 is 0 Å². The smallest absolute Gasteiger partial charge is 0.269 e. The normalized spacial score (nSPS) is 10.4. The van der Waals surface area contributed by atoms with Crippen LogP contribution in [0.4, 0.5) is 11.5 Å². The number of hydrogen-bond acceptors (Lipinski definition) is 6. The fourth-order valence-corrected chi connectivity index (χ4v) is 3.00. The second kappa shape index (κ2) is 8.07. The van der Waals surface area contributed by atoms with Crippen LogP contribution in [-0.2, 0) is 0 Å². The van der Waals surface area contributed by atoms with Crippen LogP contribution in [0.25, 0.3) is 0 Å². The summed E-state index contributed by atoms with van der Waals surface area (Å²) in [6.07, 6.45) is 1.38. The summed E-state index contributed by atoms with van der Waals surface area (Å²) >= 11 is 7.27. The minimum absolute atomic E-state index is 0.282. The van der Waals surface area contributed by atoms with E-state index in [0.29, 0.717) is 27.1 Å². The lowest BCUT2D eigenvalue weighted by molar-refractivity contribution is 0.0962. The van der Waals surface area contributed by atoms with Crippen molar-refractivity contribution < 1.29 is 4.79 Å². The highest BCUT2D eigenvalue weighted by Crippen LogP contribution is 2.33. The van der Waals surface area contributed by atoms with Gasteiger partial charge in [0.15, 0.2) is 5.82 Å². The first-order valence-electron chi connectivity index (χ1n) is 7.70. The van der Waals surface area contributed by atoms with Gasteiger partial charge in [-0.2, -0.15) is 0 Å². The van der Waals surface area contributed by atoms with Gasteiger partial charge in [0.1, 0.15) is 17.0 Å². The molecule has 0 saturated heterocycles. The third-order valence-corrected chi connectivity index (χ3v) is 4.76. The van der Waals surface area contributed by atoms with Crippen molar-refractivity contribution in [2.75, 3.05) is 11.2 Å². The van der Waals surface area contributed by atoms with Gasteiger partial charge in [-0.3, -0.25) is 15.6 Å². The molecule has 0 aliphatic rings. The van der Waals surface area contributed by atoms with Crippen molar-refractivity contribution in [1.82, 2.24) is 15.4 Å². The molecule has 3 aromatic rings. The van der Waals surface area contributed by atoms with Crippen LogP contribution in [0.2, 0.25) is 5.02 Å². The van der Waals surface area contributed by atoms with E-state index in [4.69, 9.17) is 17.3 Å². The van der Waals surface area contributed by atoms with Gasteiger partial charge in [-0.05, 0) is 43.3 Å². The Morgan fingerprint density at radius 3 is 2.46 bits per heavy atom. The molecule has 0 unspecified atom stereocenters. The molecule has 3 rings (SSSR count). The molecule has 0 saturated carbocycles. The summed E-state index contributed by atoms with van der Waals surface area (Å²) in [6, 6.07) is 14.6. The van der Waals surface area contributed by atoms with Gasteiger partial charge in [0.2, 0.25) is 0 Å². The van der Waals surface area contributed by atoms with Crippen molar-refractivity contribution >= 4 is 40.8 Å². The number of carbonyl (C=O) groups excluding carboxylic acids is 1. The summed E-state index contributed by atoms with van der Waals surface area (Å²) in [4.78, 5) is 21.4. The van der Waals surface area contributed by atoms with E-state index in [1.807, 2.05) is 31.2 Å². The van der Waals surface area contributed by atoms with Crippen LogP contribution in [0.1, 0.15) is 15.9 Å². The predicted octanol–water partition coefficient (Wildman–Crippen LogP) is 3.93. The van der Waals surface area contributed by atoms with E-state index in [-0.39, 0.29) is 5.91 Å². The Morgan fingerprint density at radius 2 is 1.77 bits per heavy atom. The number of nitrogens with two attached hydrogens (primary N) is 1. The number of hydrazine groups is 1. The number of nitrogens with zero attached hydrogens (tertiary/aromatic N) is 2. The van der Waals surface area contributed by atoms with Crippen molar-refractivity contribution in [3.05, 3.63) is 71.0 Å². The first-order chi connectivity index (χ1) is 12.5. The topological polar surface area (TPSA) is 92.9 Å². The molecule has 1 aromatic heterocycles. The van der Waals surface area contributed by atoms with Gasteiger partial charge < -0.3 is 5.73 Å². The molecule has 1 amide bonds. The Kier molecular flexibility index (Phi) is 5.60. The fourth-order valence-electron chi connectivity index (χ4n) is 2.07. The molecule has 6 nitrogen and oxygen atoms in total. The number of nitrogens with one attached hydrogen (secondary N) is 2. The second-order valence-corrected chi connectivity index (χ2v) is 6.94. The Morgan fingerprint density at radius 1 is 1.08 bits per heavy atom. The number of anilines is 2. The molecule has 0 bridgehead atoms. The van der Waals surface area contributed by atoms with Crippen LogP contribution in [-0.4, -0.2) is 15.9 Å². The molecule has 2 aromatic carbocycles. The first-order valence-corrected chi connectivity index (χ1v) is 8.89. The molecular formula is C18H16ClN5OS. The van der Waals surface area contributed by atoms with Crippen molar-refractivity contribution in [2.24, 2.45) is 0 Å². The lowest BCUT2D eigenvalue weighted by Gasteiger charge is -2.12. The molecule has 0 radical (unpaired) electrons. The van der Waals surface area contributed by atoms with Gasteiger partial charge in [-0.25, -0.2) is 9.97 Å². The van der Waals surface area contributed by atoms with Crippen molar-refractivity contribution in [3.8, 4) is 0 Å². The largest absolute Gasteiger partial charge is 0.393 e. The standard InChI is InChI=1S/C18H16ClN5OS/c1-11-2-4-12(5-3-11)17(25)24-23-16-15(20)18(22-10-21-16)26-14-8-6-13(19)7-9-14/h2-10H,20H2,1H3,(H,24,25)(H,21,22,23). The summed E-state index contributed by atoms with van der Waals surface area (Å²) in [5.41, 5.74) is 13.4. The van der Waals surface area contributed by atoms with E-state index in [9.17, 15) is 4.79 Å². The zero-order valence-corrected chi connectivity index (χ0v) is 15.4. The van der Waals surface area contributed by atoms with E-state index >= 15 is 0 Å². The number of amides is 1. The van der Waals surface area contributed by atoms with E-state index in [1.165, 1.54) is 18.1 Å². The number of aromatic nitrogens is 2. The number of carbonyl (C=O) groups is 1. The summed E-state index contributed by atoms with van der Waals surface area (Å²) in [7, 11) is 0. The maximum atomic E-state index is 12.2. The van der Waals surface area contributed by atoms with E-state index in [1.54, 1.807) is 24.3 Å². The Bertz CT molecular complexity index is 916. The van der Waals surface area contributed by atoms with E-state index in [2.05, 4.69) is 20.8 Å². The Balaban J connectivity index is 1.69. The molecule has 0 aliphatic carbocycles. The zero-order valence-electron chi connectivity index (χ0n) is 13.9. The van der Waals surface area contributed by atoms with E-state index < -0.39 is 0 Å². The molecule has 1 heterocycles. The molecule has 4 N–H and O–H groups in total. The maximum Gasteiger partial charge on any atom is 0.269 e. The number of halogens is 1. The predicted molar refractivity (Wildman–Crippen MR) is 104 cm³/mol. The van der Waals surface area contributed by atoms with Crippen LogP contribution < -0.4 is 16.6 Å². The summed E-state index contributed by atoms with van der Waals surface area (Å²) in [5.74, 6) is 0.0480. The zero-order chi connectivity index (χ0) is 18.5. The minimum atomic E-state index is -0.282. The maximum absolute atomic E-state index is 12.2. The first kappa shape index (κ1) is 18.0. The highest BCUT2D eigenvalue weighted by Gasteiger charge is 2.11. The average Bonchev–Trinajstić information content (AvgIpc) is 2.64. The molecule has 0 fully saturated rings. The van der Waals surface area contributed by atoms with E-state index in [0.717, 1.165) is 10.5 Å². The summed E-state index contributed by atoms with van der Waals surface area (Å²) < 4.78 is 0. The highest BCUT2D eigenvalue weighted by atomic mass is 35.5. The number of aryl methyl sites for hydroxylation is 1. The average molecular weight is 386 g/mol.